The number of hydrogen-bond donors (Lipinski definition) is 0. The lowest BCUT2D eigenvalue weighted by Gasteiger charge is -2.13. The Morgan fingerprint density at radius 2 is 0.889 bits per heavy atom. The van der Waals surface area contributed by atoms with Gasteiger partial charge in [-0.05, 0) is 159 Å². The summed E-state index contributed by atoms with van der Waals surface area (Å²) in [5, 5.41) is 14.6. The number of fused-ring (bicyclic) bond motifs is 18. The van der Waals surface area contributed by atoms with Gasteiger partial charge in [-0.15, -0.1) is 22.7 Å². The smallest absolute Gasteiger partial charge is 0.155 e. The monoisotopic (exact) mass is 1070 g/mol. The number of benzene rings is 11. The van der Waals surface area contributed by atoms with E-state index in [1.165, 1.54) is 123 Å². The Bertz CT molecular complexity index is 5780. The molecule has 0 N–H and O–H groups in total. The van der Waals surface area contributed by atoms with Gasteiger partial charge in [0.2, 0.25) is 0 Å². The molecule has 0 atom stereocenters. The maximum Gasteiger partial charge on any atom is 0.155 e. The Hall–Kier alpha value is -9.79. The second kappa shape index (κ2) is 16.6. The Labute approximate surface area is 472 Å². The van der Waals surface area contributed by atoms with Gasteiger partial charge in [0.15, 0.2) is 5.82 Å². The minimum atomic E-state index is 0.882. The number of aromatic nitrogens is 4. The van der Waals surface area contributed by atoms with Gasteiger partial charge in [-0.25, -0.2) is 4.98 Å². The summed E-state index contributed by atoms with van der Waals surface area (Å²) in [4.78, 5) is 5.13. The van der Waals surface area contributed by atoms with Gasteiger partial charge >= 0.3 is 0 Å². The van der Waals surface area contributed by atoms with Crippen molar-refractivity contribution in [2.45, 2.75) is 20.8 Å². The topological polar surface area (TPSA) is 40.8 Å². The molecule has 7 heteroatoms. The fourth-order valence-electron chi connectivity index (χ4n) is 13.6. The van der Waals surface area contributed by atoms with E-state index in [-0.39, 0.29) is 0 Å². The van der Waals surface area contributed by atoms with Crippen LogP contribution in [-0.2, 0) is 0 Å². The molecule has 0 saturated carbocycles. The van der Waals surface area contributed by atoms with E-state index in [4.69, 9.17) is 9.40 Å². The second-order valence-corrected chi connectivity index (χ2v) is 24.2. The molecule has 0 bridgehead atoms. The Morgan fingerprint density at radius 3 is 1.72 bits per heavy atom. The molecule has 7 heterocycles. The Kier molecular flexibility index (Phi) is 9.26. The Morgan fingerprint density at radius 1 is 0.346 bits per heavy atom. The molecule has 0 unspecified atom stereocenters. The first-order chi connectivity index (χ1) is 39.9. The predicted molar refractivity (Wildman–Crippen MR) is 345 cm³/mol. The zero-order valence-corrected chi connectivity index (χ0v) is 46.0. The number of para-hydroxylation sites is 3. The maximum atomic E-state index is 6.98. The molecule has 5 nitrogen and oxygen atoms in total. The molecular weight excluding hydrogens is 1020 g/mol. The number of pyridine rings is 1. The van der Waals surface area contributed by atoms with Crippen LogP contribution in [0.4, 0.5) is 0 Å². The van der Waals surface area contributed by atoms with Gasteiger partial charge in [0.05, 0.1) is 37.8 Å². The molecular formula is C74H46N4OS2. The van der Waals surface area contributed by atoms with Crippen LogP contribution in [0.25, 0.3) is 167 Å². The predicted octanol–water partition coefficient (Wildman–Crippen LogP) is 21.3. The van der Waals surface area contributed by atoms with Crippen molar-refractivity contribution >= 4 is 150 Å². The van der Waals surface area contributed by atoms with Crippen molar-refractivity contribution in [2.75, 3.05) is 0 Å². The second-order valence-electron chi connectivity index (χ2n) is 22.1. The summed E-state index contributed by atoms with van der Waals surface area (Å²) < 4.78 is 19.3. The first-order valence-electron chi connectivity index (χ1n) is 27.6. The highest BCUT2D eigenvalue weighted by Crippen LogP contribution is 2.47. The first-order valence-corrected chi connectivity index (χ1v) is 29.3. The van der Waals surface area contributed by atoms with Gasteiger partial charge in [-0.3, -0.25) is 4.57 Å². The molecule has 0 fully saturated rings. The summed E-state index contributed by atoms with van der Waals surface area (Å²) in [6, 6.07) is 81.4. The number of rotatable bonds is 5. The standard InChI is InChI=1S/C74H46N4OS2/c1-41-19-25-65-54(33-41)49-11-5-8-16-62(49)78(65)74-73-51(31-32-75-74)58-37-44(23-29-70(58)81-73)48-14-10-18-66-71(48)52-13-6-9-17-63(52)77(66)47-39-53(72-60(40-47)56-34-42(2)20-27-67(56)79-72)45-22-26-64-55(36-45)50-12-4-7-15-61(50)76(64)46-24-30-69-59(38-46)57-35-43(3)21-28-68(57)80-69/h4-40H,1-3H3. The van der Waals surface area contributed by atoms with Crippen molar-refractivity contribution < 1.29 is 4.42 Å². The fourth-order valence-corrected chi connectivity index (χ4v) is 15.9. The molecule has 0 saturated heterocycles. The van der Waals surface area contributed by atoms with Gasteiger partial charge in [-0.1, -0.05) is 114 Å². The van der Waals surface area contributed by atoms with Crippen molar-refractivity contribution in [3.05, 3.63) is 241 Å². The summed E-state index contributed by atoms with van der Waals surface area (Å²) in [6.45, 7) is 6.52. The van der Waals surface area contributed by atoms with E-state index in [1.54, 1.807) is 0 Å². The lowest BCUT2D eigenvalue weighted by atomic mass is 9.98. The van der Waals surface area contributed by atoms with Crippen molar-refractivity contribution in [3.63, 3.8) is 0 Å². The highest BCUT2D eigenvalue weighted by molar-refractivity contribution is 7.26. The fraction of sp³-hybridized carbons (Fsp3) is 0.0405. The minimum Gasteiger partial charge on any atom is -0.455 e. The number of furan rings is 1. The van der Waals surface area contributed by atoms with Gasteiger partial charge in [0.1, 0.15) is 11.2 Å². The molecule has 11 aromatic carbocycles. The Balaban J connectivity index is 0.827. The van der Waals surface area contributed by atoms with Crippen LogP contribution in [0.3, 0.4) is 0 Å². The number of aryl methyl sites for hydroxylation is 3. The molecule has 0 amide bonds. The average Bonchev–Trinajstić information content (AvgIpc) is 4.49. The lowest BCUT2D eigenvalue weighted by Crippen LogP contribution is -1.97. The summed E-state index contributed by atoms with van der Waals surface area (Å²) in [6.07, 6.45) is 1.99. The van der Waals surface area contributed by atoms with Crippen LogP contribution in [0.5, 0.6) is 0 Å². The van der Waals surface area contributed by atoms with Crippen LogP contribution < -0.4 is 0 Å². The van der Waals surface area contributed by atoms with Gasteiger partial charge in [0.25, 0.3) is 0 Å². The maximum absolute atomic E-state index is 6.98. The summed E-state index contributed by atoms with van der Waals surface area (Å²) in [5.74, 6) is 0.968. The molecule has 0 aliphatic carbocycles. The van der Waals surface area contributed by atoms with E-state index in [0.717, 1.165) is 61.3 Å². The van der Waals surface area contributed by atoms with Gasteiger partial charge in [0, 0.05) is 102 Å². The zero-order chi connectivity index (χ0) is 53.4. The SMILES string of the molecule is Cc1ccc2oc3c(-c4ccc5c(c4)c4ccccc4n5-c4ccc5sc6ccc(C)cc6c5c4)cc(-n4c5ccccc5c5c(-c6ccc7sc8c(-n9c%10ccccc%10c%10cc(C)ccc%109)nccc8c7c6)cccc54)cc3c2c1. The van der Waals surface area contributed by atoms with E-state index in [0.29, 0.717) is 0 Å². The largest absolute Gasteiger partial charge is 0.455 e. The van der Waals surface area contributed by atoms with Crippen LogP contribution in [0.1, 0.15) is 16.7 Å². The summed E-state index contributed by atoms with van der Waals surface area (Å²) in [5.41, 5.74) is 19.2. The average molecular weight is 1070 g/mol. The number of thiophene rings is 2. The van der Waals surface area contributed by atoms with Crippen LogP contribution in [0, 0.1) is 20.8 Å². The van der Waals surface area contributed by atoms with E-state index < -0.39 is 0 Å². The molecule has 0 aliphatic rings. The normalized spacial score (nSPS) is 12.4. The van der Waals surface area contributed by atoms with Gasteiger partial charge < -0.3 is 13.6 Å². The number of nitrogens with zero attached hydrogens (tertiary/aromatic N) is 4. The first kappa shape index (κ1) is 45.1. The third kappa shape index (κ3) is 6.44. The molecule has 18 aromatic rings. The molecule has 380 valence electrons. The molecule has 0 radical (unpaired) electrons. The highest BCUT2D eigenvalue weighted by Gasteiger charge is 2.24. The van der Waals surface area contributed by atoms with Crippen LogP contribution in [-0.4, -0.2) is 18.7 Å². The van der Waals surface area contributed by atoms with E-state index in [1.807, 2.05) is 28.9 Å². The van der Waals surface area contributed by atoms with Crippen molar-refractivity contribution in [2.24, 2.45) is 0 Å². The van der Waals surface area contributed by atoms with E-state index in [9.17, 15) is 0 Å². The lowest BCUT2D eigenvalue weighted by molar-refractivity contribution is 0.670. The summed E-state index contributed by atoms with van der Waals surface area (Å²) in [7, 11) is 0. The quantitative estimate of drug-likeness (QED) is 0.172. The highest BCUT2D eigenvalue weighted by atomic mass is 32.1. The molecule has 0 aliphatic heterocycles. The molecule has 7 aromatic heterocycles. The van der Waals surface area contributed by atoms with Crippen LogP contribution >= 0.6 is 22.7 Å². The zero-order valence-electron chi connectivity index (χ0n) is 44.4. The molecule has 0 spiro atoms. The van der Waals surface area contributed by atoms with E-state index >= 15 is 0 Å². The van der Waals surface area contributed by atoms with Gasteiger partial charge in [-0.2, -0.15) is 0 Å². The number of hydrogen-bond acceptors (Lipinski definition) is 4. The third-order valence-corrected chi connectivity index (χ3v) is 19.6. The van der Waals surface area contributed by atoms with Crippen molar-refractivity contribution in [3.8, 4) is 39.4 Å². The van der Waals surface area contributed by atoms with Crippen LogP contribution in [0.15, 0.2) is 229 Å². The van der Waals surface area contributed by atoms with Crippen LogP contribution in [0.2, 0.25) is 0 Å². The third-order valence-electron chi connectivity index (χ3n) is 17.2. The summed E-state index contributed by atoms with van der Waals surface area (Å²) >= 11 is 3.69. The molecule has 81 heavy (non-hydrogen) atoms. The van der Waals surface area contributed by atoms with Crippen molar-refractivity contribution in [1.29, 1.82) is 0 Å². The minimum absolute atomic E-state index is 0.882. The van der Waals surface area contributed by atoms with E-state index in [2.05, 4.69) is 253 Å². The molecule has 18 rings (SSSR count). The van der Waals surface area contributed by atoms with Crippen molar-refractivity contribution in [1.82, 2.24) is 18.7 Å².